The largest absolute Gasteiger partial charge is 0.450 e. The molecule has 4 atom stereocenters. The minimum atomic E-state index is -0.474. The van der Waals surface area contributed by atoms with Gasteiger partial charge in [-0.2, -0.15) is 11.8 Å². The van der Waals surface area contributed by atoms with E-state index in [1.54, 1.807) is 6.08 Å². The Labute approximate surface area is 165 Å². The summed E-state index contributed by atoms with van der Waals surface area (Å²) in [5, 5.41) is 3.29. The third-order valence-corrected chi connectivity index (χ3v) is 7.44. The van der Waals surface area contributed by atoms with Gasteiger partial charge in [-0.25, -0.2) is 9.59 Å². The highest BCUT2D eigenvalue weighted by atomic mass is 32.2. The summed E-state index contributed by atoms with van der Waals surface area (Å²) in [5.41, 5.74) is 0.391. The number of hydrogen-bond donors (Lipinski definition) is 1. The van der Waals surface area contributed by atoms with Gasteiger partial charge in [-0.1, -0.05) is 6.42 Å². The molecule has 1 amide bonds. The first-order valence-corrected chi connectivity index (χ1v) is 11.1. The number of nitrogens with one attached hydrogen (secondary N) is 1. The van der Waals surface area contributed by atoms with Gasteiger partial charge in [0.1, 0.15) is 5.60 Å². The van der Waals surface area contributed by atoms with Crippen LogP contribution in [0.1, 0.15) is 52.9 Å². The number of hydrogen-bond acceptors (Lipinski definition) is 6. The Bertz CT molecular complexity index is 659. The molecule has 2 saturated heterocycles. The van der Waals surface area contributed by atoms with E-state index in [0.29, 0.717) is 23.9 Å². The zero-order chi connectivity index (χ0) is 19.2. The normalized spacial score (nSPS) is 35.1. The molecule has 0 radical (unpaired) electrons. The van der Waals surface area contributed by atoms with E-state index in [1.807, 2.05) is 32.5 Å². The van der Waals surface area contributed by atoms with Crippen LogP contribution in [0.4, 0.5) is 4.79 Å². The number of piperidine rings is 1. The summed E-state index contributed by atoms with van der Waals surface area (Å²) in [5.74, 6) is 0.682. The van der Waals surface area contributed by atoms with E-state index in [-0.39, 0.29) is 17.7 Å². The van der Waals surface area contributed by atoms with Gasteiger partial charge in [0.25, 0.3) is 0 Å². The van der Waals surface area contributed by atoms with Crippen LogP contribution in [-0.4, -0.2) is 64.3 Å². The number of amides is 1. The fourth-order valence-electron chi connectivity index (χ4n) is 5.19. The average molecular weight is 395 g/mol. The zero-order valence-electron chi connectivity index (χ0n) is 16.5. The monoisotopic (exact) mass is 394 g/mol. The topological polar surface area (TPSA) is 67.9 Å². The van der Waals surface area contributed by atoms with Crippen LogP contribution in [0.2, 0.25) is 0 Å². The Morgan fingerprint density at radius 3 is 3.04 bits per heavy atom. The maximum atomic E-state index is 12.0. The van der Waals surface area contributed by atoms with Crippen molar-refractivity contribution in [2.24, 2.45) is 0 Å². The molecular formula is C20H30N2O4S. The lowest BCUT2D eigenvalue weighted by molar-refractivity contribution is -0.148. The van der Waals surface area contributed by atoms with Gasteiger partial charge in [-0.3, -0.25) is 4.90 Å². The summed E-state index contributed by atoms with van der Waals surface area (Å²) in [6.45, 7) is 7.29. The molecule has 3 aliphatic heterocycles. The van der Waals surface area contributed by atoms with Crippen molar-refractivity contribution < 1.29 is 19.1 Å². The van der Waals surface area contributed by atoms with Crippen LogP contribution < -0.4 is 5.32 Å². The highest BCUT2D eigenvalue weighted by Crippen LogP contribution is 2.55. The van der Waals surface area contributed by atoms with Gasteiger partial charge in [0.05, 0.1) is 6.04 Å². The quantitative estimate of drug-likeness (QED) is 0.584. The molecule has 0 aromatic heterocycles. The molecule has 0 aromatic rings. The molecule has 1 saturated carbocycles. The van der Waals surface area contributed by atoms with Crippen LogP contribution in [0.5, 0.6) is 0 Å². The Morgan fingerprint density at radius 1 is 1.44 bits per heavy atom. The zero-order valence-corrected chi connectivity index (χ0v) is 17.3. The van der Waals surface area contributed by atoms with Crippen molar-refractivity contribution in [1.29, 1.82) is 0 Å². The minimum absolute atomic E-state index is 0.159. The molecular weight excluding hydrogens is 364 g/mol. The highest BCUT2D eigenvalue weighted by Gasteiger charge is 2.63. The van der Waals surface area contributed by atoms with Crippen LogP contribution >= 0.6 is 11.8 Å². The smallest absolute Gasteiger partial charge is 0.407 e. The number of esters is 1. The van der Waals surface area contributed by atoms with E-state index in [2.05, 4.69) is 10.2 Å². The van der Waals surface area contributed by atoms with E-state index in [9.17, 15) is 9.59 Å². The fourth-order valence-corrected chi connectivity index (χ4v) is 6.48. The van der Waals surface area contributed by atoms with Gasteiger partial charge in [0.15, 0.2) is 5.60 Å². The Morgan fingerprint density at radius 2 is 2.26 bits per heavy atom. The van der Waals surface area contributed by atoms with Gasteiger partial charge >= 0.3 is 12.1 Å². The summed E-state index contributed by atoms with van der Waals surface area (Å²) < 4.78 is 11.2. The molecule has 4 aliphatic rings. The van der Waals surface area contributed by atoms with Crippen molar-refractivity contribution in [2.75, 3.05) is 18.8 Å². The molecule has 1 aliphatic carbocycles. The number of carbonyl (C=O) groups is 2. The van der Waals surface area contributed by atoms with Crippen LogP contribution in [0, 0.1) is 0 Å². The van der Waals surface area contributed by atoms with Gasteiger partial charge in [0, 0.05) is 36.1 Å². The molecule has 27 heavy (non-hydrogen) atoms. The molecule has 0 aromatic carbocycles. The first kappa shape index (κ1) is 19.1. The fraction of sp³-hybridized carbons (Fsp3) is 0.800. The molecule has 2 bridgehead atoms. The molecule has 7 heteroatoms. The Balaban J connectivity index is 1.36. The minimum Gasteiger partial charge on any atom is -0.450 e. The lowest BCUT2D eigenvalue weighted by atomic mass is 9.77. The lowest BCUT2D eigenvalue weighted by Crippen LogP contribution is -2.48. The first-order valence-electron chi connectivity index (χ1n) is 10.1. The second-order valence-electron chi connectivity index (χ2n) is 9.04. The molecule has 150 valence electrons. The van der Waals surface area contributed by atoms with Gasteiger partial charge < -0.3 is 14.8 Å². The Kier molecular flexibility index (Phi) is 4.95. The molecule has 1 spiro atoms. The summed E-state index contributed by atoms with van der Waals surface area (Å²) in [6.07, 6.45) is 6.82. The lowest BCUT2D eigenvalue weighted by Gasteiger charge is -2.38. The molecule has 1 N–H and O–H groups in total. The maximum absolute atomic E-state index is 12.0. The van der Waals surface area contributed by atoms with E-state index in [4.69, 9.17) is 9.47 Å². The third-order valence-electron chi connectivity index (χ3n) is 6.09. The van der Waals surface area contributed by atoms with Gasteiger partial charge in [-0.15, -0.1) is 0 Å². The number of nitrogens with zero attached hydrogens (tertiary/aromatic N) is 1. The highest BCUT2D eigenvalue weighted by molar-refractivity contribution is 8.00. The average Bonchev–Trinajstić information content (AvgIpc) is 3.06. The van der Waals surface area contributed by atoms with Crippen LogP contribution in [0.3, 0.4) is 0 Å². The summed E-state index contributed by atoms with van der Waals surface area (Å²) in [4.78, 5) is 26.4. The predicted octanol–water partition coefficient (Wildman–Crippen LogP) is 2.87. The predicted molar refractivity (Wildman–Crippen MR) is 105 cm³/mol. The van der Waals surface area contributed by atoms with Crippen molar-refractivity contribution in [3.05, 3.63) is 11.6 Å². The SMILES string of the molecule is CC(C)(C)OC(=O)NCCSC1CC2=CC(=O)O[C@@]23C[C@@H]1N1CCCC[C@@H]13. The first-order chi connectivity index (χ1) is 12.8. The molecule has 3 heterocycles. The summed E-state index contributed by atoms with van der Waals surface area (Å²) >= 11 is 1.90. The molecule has 6 nitrogen and oxygen atoms in total. The van der Waals surface area contributed by atoms with Gasteiger partial charge in [-0.05, 0) is 52.2 Å². The molecule has 4 rings (SSSR count). The van der Waals surface area contributed by atoms with Crippen molar-refractivity contribution in [2.45, 2.75) is 81.4 Å². The number of carbonyl (C=O) groups excluding carboxylic acids is 2. The van der Waals surface area contributed by atoms with Gasteiger partial charge in [0.2, 0.25) is 0 Å². The number of thioether (sulfide) groups is 1. The molecule has 3 fully saturated rings. The molecule has 1 unspecified atom stereocenters. The van der Waals surface area contributed by atoms with E-state index in [0.717, 1.165) is 31.6 Å². The van der Waals surface area contributed by atoms with E-state index >= 15 is 0 Å². The summed E-state index contributed by atoms with van der Waals surface area (Å²) in [6, 6.07) is 0.823. The number of fused-ring (bicyclic) bond motifs is 3. The van der Waals surface area contributed by atoms with Crippen molar-refractivity contribution in [3.8, 4) is 0 Å². The number of alkyl carbamates (subject to hydrolysis) is 1. The van der Waals surface area contributed by atoms with Crippen molar-refractivity contribution in [1.82, 2.24) is 10.2 Å². The van der Waals surface area contributed by atoms with Crippen LogP contribution in [-0.2, 0) is 14.3 Å². The number of rotatable bonds is 4. The maximum Gasteiger partial charge on any atom is 0.407 e. The van der Waals surface area contributed by atoms with Crippen molar-refractivity contribution in [3.63, 3.8) is 0 Å². The second-order valence-corrected chi connectivity index (χ2v) is 10.4. The number of ether oxygens (including phenoxy) is 2. The summed E-state index contributed by atoms with van der Waals surface area (Å²) in [7, 11) is 0. The standard InChI is InChI=1S/C20H30N2O4S/c1-19(2,3)26-18(24)21-7-9-27-15-10-13-11-17(23)25-20(13)12-14(15)22-8-5-4-6-16(20)22/h11,14-16H,4-10,12H2,1-3H3,(H,21,24)/t14-,15?,16+,20-/m0/s1. The second kappa shape index (κ2) is 6.99. The van der Waals surface area contributed by atoms with E-state index in [1.165, 1.54) is 18.4 Å². The van der Waals surface area contributed by atoms with Crippen LogP contribution in [0.25, 0.3) is 0 Å². The third kappa shape index (κ3) is 3.60. The van der Waals surface area contributed by atoms with E-state index < -0.39 is 5.60 Å². The van der Waals surface area contributed by atoms with Crippen molar-refractivity contribution >= 4 is 23.8 Å². The van der Waals surface area contributed by atoms with Crippen LogP contribution in [0.15, 0.2) is 11.6 Å². The Hall–Kier alpha value is -1.21.